The van der Waals surface area contributed by atoms with Crippen LogP contribution in [-0.2, 0) is 22.4 Å². The van der Waals surface area contributed by atoms with Crippen LogP contribution < -0.4 is 10.1 Å². The molecule has 2 atom stereocenters. The van der Waals surface area contributed by atoms with Crippen molar-refractivity contribution >= 4 is 11.8 Å². The van der Waals surface area contributed by atoms with E-state index < -0.39 is 12.0 Å². The zero-order valence-corrected chi connectivity index (χ0v) is 18.8. The number of ether oxygens (including phenoxy) is 2. The average molecular weight is 440 g/mol. The predicted octanol–water partition coefficient (Wildman–Crippen LogP) is 3.69. The summed E-state index contributed by atoms with van der Waals surface area (Å²) in [5.74, 6) is 0.802. The van der Waals surface area contributed by atoms with E-state index in [9.17, 15) is 9.90 Å². The van der Waals surface area contributed by atoms with E-state index in [0.717, 1.165) is 50.2 Å². The van der Waals surface area contributed by atoms with Crippen molar-refractivity contribution in [2.24, 2.45) is 0 Å². The number of nitrogens with one attached hydrogen (secondary N) is 1. The fourth-order valence-corrected chi connectivity index (χ4v) is 4.67. The molecule has 0 amide bonds. The van der Waals surface area contributed by atoms with Crippen LogP contribution in [0, 0.1) is 0 Å². The third-order valence-corrected chi connectivity index (χ3v) is 6.34. The third kappa shape index (κ3) is 5.40. The monoisotopic (exact) mass is 439 g/mol. The van der Waals surface area contributed by atoms with Gasteiger partial charge in [-0.25, -0.2) is 4.98 Å². The van der Waals surface area contributed by atoms with Crippen molar-refractivity contribution in [3.05, 3.63) is 53.2 Å². The first-order valence-electron chi connectivity index (χ1n) is 11.6. The molecule has 2 N–H and O–H groups in total. The number of methoxy groups -OCH3 is 1. The topological polar surface area (TPSA) is 83.9 Å². The van der Waals surface area contributed by atoms with Gasteiger partial charge >= 0.3 is 5.97 Å². The van der Waals surface area contributed by atoms with E-state index in [1.165, 1.54) is 12.0 Å². The van der Waals surface area contributed by atoms with Crippen LogP contribution in [0.15, 0.2) is 36.4 Å². The SMILES string of the molecule is COc1ccccc1C(C(=O)O)N1CC[C@@H](OCCCCc2ccc3c(n2)NCCC3)C1. The van der Waals surface area contributed by atoms with Gasteiger partial charge in [-0.05, 0) is 56.2 Å². The molecular weight excluding hydrogens is 406 g/mol. The van der Waals surface area contributed by atoms with Crippen molar-refractivity contribution in [1.29, 1.82) is 0 Å². The summed E-state index contributed by atoms with van der Waals surface area (Å²) in [5, 5.41) is 13.3. The number of aromatic nitrogens is 1. The molecule has 0 bridgehead atoms. The van der Waals surface area contributed by atoms with Crippen LogP contribution >= 0.6 is 0 Å². The number of aryl methyl sites for hydroxylation is 2. The molecule has 3 heterocycles. The highest BCUT2D eigenvalue weighted by Gasteiger charge is 2.35. The Morgan fingerprint density at radius 1 is 1.28 bits per heavy atom. The number of rotatable bonds is 10. The standard InChI is InChI=1S/C25H33N3O4/c1-31-22-10-3-2-9-21(22)23(25(29)30)28-15-13-20(17-28)32-16-5-4-8-19-12-11-18-7-6-14-26-24(18)27-19/h2-3,9-12,20,23H,4-8,13-17H2,1H3,(H,26,27)(H,29,30)/t20-,23?/m1/s1. The van der Waals surface area contributed by atoms with Crippen LogP contribution in [0.5, 0.6) is 5.75 Å². The van der Waals surface area contributed by atoms with Gasteiger partial charge in [0.05, 0.1) is 13.2 Å². The maximum absolute atomic E-state index is 12.0. The number of carbonyl (C=O) groups is 1. The van der Waals surface area contributed by atoms with Crippen LogP contribution in [0.1, 0.15) is 48.5 Å². The van der Waals surface area contributed by atoms with Crippen LogP contribution in [0.4, 0.5) is 5.82 Å². The second kappa shape index (κ2) is 10.8. The number of carboxylic acid groups (broad SMARTS) is 1. The van der Waals surface area contributed by atoms with Crippen molar-refractivity contribution in [3.8, 4) is 5.75 Å². The zero-order valence-electron chi connectivity index (χ0n) is 18.8. The highest BCUT2D eigenvalue weighted by Crippen LogP contribution is 2.32. The second-order valence-corrected chi connectivity index (χ2v) is 8.56. The van der Waals surface area contributed by atoms with E-state index in [2.05, 4.69) is 17.4 Å². The molecule has 1 fully saturated rings. The van der Waals surface area contributed by atoms with Gasteiger partial charge in [-0.15, -0.1) is 0 Å². The Balaban J connectivity index is 1.22. The van der Waals surface area contributed by atoms with Crippen molar-refractivity contribution in [3.63, 3.8) is 0 Å². The summed E-state index contributed by atoms with van der Waals surface area (Å²) in [6.07, 6.45) is 6.15. The number of fused-ring (bicyclic) bond motifs is 1. The lowest BCUT2D eigenvalue weighted by atomic mass is 10.0. The molecule has 2 aliphatic rings. The molecule has 0 saturated carbocycles. The molecular formula is C25H33N3O4. The van der Waals surface area contributed by atoms with Crippen molar-refractivity contribution in [2.75, 3.05) is 38.7 Å². The first-order chi connectivity index (χ1) is 15.7. The molecule has 0 aliphatic carbocycles. The highest BCUT2D eigenvalue weighted by molar-refractivity contribution is 5.76. The molecule has 7 heteroatoms. The quantitative estimate of drug-likeness (QED) is 0.546. The molecule has 172 valence electrons. The second-order valence-electron chi connectivity index (χ2n) is 8.56. The Kier molecular flexibility index (Phi) is 7.60. The van der Waals surface area contributed by atoms with Crippen molar-refractivity contribution in [2.45, 2.75) is 50.7 Å². The van der Waals surface area contributed by atoms with Crippen molar-refractivity contribution < 1.29 is 19.4 Å². The van der Waals surface area contributed by atoms with Gasteiger partial charge in [0.15, 0.2) is 0 Å². The Bertz CT molecular complexity index is 920. The molecule has 0 radical (unpaired) electrons. The van der Waals surface area contributed by atoms with Gasteiger partial charge in [0, 0.05) is 37.5 Å². The summed E-state index contributed by atoms with van der Waals surface area (Å²) in [4.78, 5) is 18.8. The number of carboxylic acids is 1. The first-order valence-corrected chi connectivity index (χ1v) is 11.6. The average Bonchev–Trinajstić information content (AvgIpc) is 3.27. The lowest BCUT2D eigenvalue weighted by Gasteiger charge is -2.25. The minimum Gasteiger partial charge on any atom is -0.496 e. The zero-order chi connectivity index (χ0) is 22.3. The lowest BCUT2D eigenvalue weighted by molar-refractivity contribution is -0.143. The largest absolute Gasteiger partial charge is 0.496 e. The molecule has 2 aliphatic heterocycles. The van der Waals surface area contributed by atoms with Gasteiger partial charge in [-0.1, -0.05) is 24.3 Å². The summed E-state index contributed by atoms with van der Waals surface area (Å²) < 4.78 is 11.5. The summed E-state index contributed by atoms with van der Waals surface area (Å²) >= 11 is 0. The van der Waals surface area contributed by atoms with Gasteiger partial charge in [0.25, 0.3) is 0 Å². The van der Waals surface area contributed by atoms with E-state index >= 15 is 0 Å². The maximum atomic E-state index is 12.0. The minimum absolute atomic E-state index is 0.0672. The Hall–Kier alpha value is -2.64. The summed E-state index contributed by atoms with van der Waals surface area (Å²) in [7, 11) is 1.57. The predicted molar refractivity (Wildman–Crippen MR) is 123 cm³/mol. The number of benzene rings is 1. The number of para-hydroxylation sites is 1. The molecule has 0 spiro atoms. The summed E-state index contributed by atoms with van der Waals surface area (Å²) in [6, 6.07) is 11.0. The van der Waals surface area contributed by atoms with Gasteiger partial charge in [-0.3, -0.25) is 9.69 Å². The number of nitrogens with zero attached hydrogens (tertiary/aromatic N) is 2. The van der Waals surface area contributed by atoms with E-state index in [1.807, 2.05) is 29.2 Å². The number of likely N-dealkylation sites (tertiary alicyclic amines) is 1. The van der Waals surface area contributed by atoms with Gasteiger partial charge in [0.2, 0.25) is 0 Å². The maximum Gasteiger partial charge on any atom is 0.325 e. The molecule has 1 aromatic heterocycles. The molecule has 4 rings (SSSR count). The molecule has 7 nitrogen and oxygen atoms in total. The number of pyridine rings is 1. The fraction of sp³-hybridized carbons (Fsp3) is 0.520. The van der Waals surface area contributed by atoms with E-state index in [-0.39, 0.29) is 6.10 Å². The number of aliphatic carboxylic acids is 1. The third-order valence-electron chi connectivity index (χ3n) is 6.34. The molecule has 32 heavy (non-hydrogen) atoms. The fourth-order valence-electron chi connectivity index (χ4n) is 4.67. The molecule has 1 saturated heterocycles. The van der Waals surface area contributed by atoms with Crippen LogP contribution in [0.25, 0.3) is 0 Å². The van der Waals surface area contributed by atoms with Gasteiger partial charge in [0.1, 0.15) is 17.6 Å². The Morgan fingerprint density at radius 2 is 2.16 bits per heavy atom. The van der Waals surface area contributed by atoms with Gasteiger partial charge < -0.3 is 19.9 Å². The van der Waals surface area contributed by atoms with Crippen molar-refractivity contribution in [1.82, 2.24) is 9.88 Å². The van der Waals surface area contributed by atoms with E-state index in [1.54, 1.807) is 7.11 Å². The van der Waals surface area contributed by atoms with Crippen LogP contribution in [0.3, 0.4) is 0 Å². The first kappa shape index (κ1) is 22.6. The minimum atomic E-state index is -0.859. The highest BCUT2D eigenvalue weighted by atomic mass is 16.5. The molecule has 1 unspecified atom stereocenters. The molecule has 2 aromatic rings. The Labute approximate surface area is 189 Å². The summed E-state index contributed by atoms with van der Waals surface area (Å²) in [6.45, 7) is 3.02. The van der Waals surface area contributed by atoms with Crippen LogP contribution in [-0.4, -0.2) is 60.4 Å². The van der Waals surface area contributed by atoms with Gasteiger partial charge in [-0.2, -0.15) is 0 Å². The lowest BCUT2D eigenvalue weighted by Crippen LogP contribution is -2.33. The smallest absolute Gasteiger partial charge is 0.325 e. The number of hydrogen-bond donors (Lipinski definition) is 2. The summed E-state index contributed by atoms with van der Waals surface area (Å²) in [5.41, 5.74) is 3.14. The molecule has 1 aromatic carbocycles. The van der Waals surface area contributed by atoms with E-state index in [4.69, 9.17) is 14.5 Å². The Morgan fingerprint density at radius 3 is 3.00 bits per heavy atom. The number of hydrogen-bond acceptors (Lipinski definition) is 6. The normalized spacial score (nSPS) is 19.2. The van der Waals surface area contributed by atoms with E-state index in [0.29, 0.717) is 31.0 Å². The van der Waals surface area contributed by atoms with Crippen LogP contribution in [0.2, 0.25) is 0 Å². The number of unbranched alkanes of at least 4 members (excludes halogenated alkanes) is 1. The number of anilines is 1.